The summed E-state index contributed by atoms with van der Waals surface area (Å²) in [5.74, 6) is 0.263. The number of hydrogen-bond acceptors (Lipinski definition) is 6. The Balaban J connectivity index is 1.74. The minimum absolute atomic E-state index is 0.0137. The van der Waals surface area contributed by atoms with E-state index in [4.69, 9.17) is 27.9 Å². The third kappa shape index (κ3) is 4.98. The molecule has 0 aliphatic rings. The average molecular weight is 500 g/mol. The summed E-state index contributed by atoms with van der Waals surface area (Å²) in [6, 6.07) is 18.1. The Bertz CT molecular complexity index is 1340. The van der Waals surface area contributed by atoms with Crippen LogP contribution in [0.25, 0.3) is 21.7 Å². The van der Waals surface area contributed by atoms with Gasteiger partial charge in [0, 0.05) is 22.7 Å². The van der Waals surface area contributed by atoms with E-state index in [0.717, 1.165) is 16.0 Å². The number of ether oxygens (including phenoxy) is 1. The molecule has 1 amide bonds. The second-order valence-electron chi connectivity index (χ2n) is 6.81. The molecular weight excluding hydrogens is 485 g/mol. The number of carbonyl (C=O) groups excluding carboxylic acids is 1. The van der Waals surface area contributed by atoms with Crippen LogP contribution in [0.15, 0.2) is 66.7 Å². The summed E-state index contributed by atoms with van der Waals surface area (Å²) in [6.07, 6.45) is 0. The smallest absolute Gasteiger partial charge is 0.269 e. The second-order valence-corrected chi connectivity index (χ2v) is 8.65. The third-order valence-corrected chi connectivity index (χ3v) is 6.29. The maximum atomic E-state index is 12.8. The first-order valence-electron chi connectivity index (χ1n) is 9.52. The molecule has 1 aromatic heterocycles. The van der Waals surface area contributed by atoms with E-state index in [9.17, 15) is 14.9 Å². The van der Waals surface area contributed by atoms with Crippen LogP contribution < -0.4 is 10.1 Å². The number of benzene rings is 3. The molecule has 0 atom stereocenters. The normalized spacial score (nSPS) is 10.6. The predicted molar refractivity (Wildman–Crippen MR) is 131 cm³/mol. The Labute approximate surface area is 202 Å². The number of rotatable bonds is 6. The SMILES string of the molecule is COc1ccc(-c2nc(NC(=O)c3ccc(Cl)cc3Cl)sc2-c2ccc([N+](=O)[O-])cc2)cc1. The molecule has 0 radical (unpaired) electrons. The van der Waals surface area contributed by atoms with Gasteiger partial charge in [-0.1, -0.05) is 34.5 Å². The fraction of sp³-hybridized carbons (Fsp3) is 0.0435. The third-order valence-electron chi connectivity index (χ3n) is 4.73. The van der Waals surface area contributed by atoms with Gasteiger partial charge in [0.15, 0.2) is 5.13 Å². The summed E-state index contributed by atoms with van der Waals surface area (Å²) in [5, 5.41) is 14.8. The lowest BCUT2D eigenvalue weighted by Gasteiger charge is -2.04. The number of anilines is 1. The lowest BCUT2D eigenvalue weighted by Crippen LogP contribution is -2.12. The van der Waals surface area contributed by atoms with Crippen LogP contribution in [0.4, 0.5) is 10.8 Å². The number of nitrogens with zero attached hydrogens (tertiary/aromatic N) is 2. The van der Waals surface area contributed by atoms with Gasteiger partial charge in [0.2, 0.25) is 0 Å². The molecule has 33 heavy (non-hydrogen) atoms. The van der Waals surface area contributed by atoms with Crippen LogP contribution in [-0.4, -0.2) is 22.9 Å². The highest BCUT2D eigenvalue weighted by atomic mass is 35.5. The maximum absolute atomic E-state index is 12.8. The highest BCUT2D eigenvalue weighted by Gasteiger charge is 2.19. The molecule has 1 heterocycles. The number of amides is 1. The van der Waals surface area contributed by atoms with Crippen molar-refractivity contribution >= 4 is 51.3 Å². The van der Waals surface area contributed by atoms with Crippen LogP contribution >= 0.6 is 34.5 Å². The molecule has 4 rings (SSSR count). The van der Waals surface area contributed by atoms with Crippen molar-refractivity contribution in [3.05, 3.63) is 92.5 Å². The Morgan fingerprint density at radius 1 is 1.03 bits per heavy atom. The van der Waals surface area contributed by atoms with Gasteiger partial charge in [-0.15, -0.1) is 0 Å². The van der Waals surface area contributed by atoms with Crippen LogP contribution in [0, 0.1) is 10.1 Å². The van der Waals surface area contributed by atoms with Crippen LogP contribution in [0.5, 0.6) is 5.75 Å². The van der Waals surface area contributed by atoms with Gasteiger partial charge >= 0.3 is 0 Å². The van der Waals surface area contributed by atoms with Gasteiger partial charge in [-0.2, -0.15) is 0 Å². The number of halogens is 2. The molecule has 0 unspecified atom stereocenters. The molecule has 0 fully saturated rings. The zero-order valence-electron chi connectivity index (χ0n) is 17.0. The largest absolute Gasteiger partial charge is 0.497 e. The molecular formula is C23H15Cl2N3O4S. The van der Waals surface area contributed by atoms with Crippen molar-refractivity contribution in [1.82, 2.24) is 4.98 Å². The summed E-state index contributed by atoms with van der Waals surface area (Å²) < 4.78 is 5.22. The number of nitro groups is 1. The van der Waals surface area contributed by atoms with Gasteiger partial charge in [0.25, 0.3) is 11.6 Å². The number of nitrogens with one attached hydrogen (secondary N) is 1. The minimum atomic E-state index is -0.456. The number of carbonyl (C=O) groups is 1. The van der Waals surface area contributed by atoms with E-state index in [1.165, 1.54) is 35.6 Å². The number of aromatic nitrogens is 1. The van der Waals surface area contributed by atoms with E-state index in [2.05, 4.69) is 10.3 Å². The van der Waals surface area contributed by atoms with Crippen molar-refractivity contribution < 1.29 is 14.5 Å². The van der Waals surface area contributed by atoms with E-state index in [1.54, 1.807) is 37.4 Å². The quantitative estimate of drug-likeness (QED) is 0.228. The van der Waals surface area contributed by atoms with Crippen LogP contribution in [0.3, 0.4) is 0 Å². The Morgan fingerprint density at radius 2 is 1.70 bits per heavy atom. The highest BCUT2D eigenvalue weighted by molar-refractivity contribution is 7.19. The van der Waals surface area contributed by atoms with Gasteiger partial charge in [-0.25, -0.2) is 4.98 Å². The fourth-order valence-electron chi connectivity index (χ4n) is 3.09. The summed E-state index contributed by atoms with van der Waals surface area (Å²) in [4.78, 5) is 28.7. The van der Waals surface area contributed by atoms with E-state index in [-0.39, 0.29) is 16.3 Å². The zero-order valence-corrected chi connectivity index (χ0v) is 19.4. The van der Waals surface area contributed by atoms with Gasteiger partial charge in [-0.05, 0) is 60.2 Å². The first-order valence-corrected chi connectivity index (χ1v) is 11.1. The number of thiazole rings is 1. The van der Waals surface area contributed by atoms with E-state index in [0.29, 0.717) is 21.6 Å². The predicted octanol–water partition coefficient (Wildman–Crippen LogP) is 6.95. The molecule has 1 N–H and O–H groups in total. The number of methoxy groups -OCH3 is 1. The molecule has 3 aromatic carbocycles. The first-order chi connectivity index (χ1) is 15.9. The molecule has 10 heteroatoms. The van der Waals surface area contributed by atoms with Crippen molar-refractivity contribution in [3.63, 3.8) is 0 Å². The van der Waals surface area contributed by atoms with Crippen molar-refractivity contribution in [3.8, 4) is 27.4 Å². The molecule has 0 aliphatic carbocycles. The van der Waals surface area contributed by atoms with Crippen molar-refractivity contribution in [1.29, 1.82) is 0 Å². The second kappa shape index (κ2) is 9.58. The molecule has 0 saturated carbocycles. The van der Waals surface area contributed by atoms with Gasteiger partial charge in [-0.3, -0.25) is 20.2 Å². The monoisotopic (exact) mass is 499 g/mol. The fourth-order valence-corrected chi connectivity index (χ4v) is 4.57. The van der Waals surface area contributed by atoms with Crippen LogP contribution in [0.1, 0.15) is 10.4 Å². The van der Waals surface area contributed by atoms with E-state index in [1.807, 2.05) is 12.1 Å². The number of hydrogen-bond donors (Lipinski definition) is 1. The molecule has 0 spiro atoms. The summed E-state index contributed by atoms with van der Waals surface area (Å²) >= 11 is 13.3. The van der Waals surface area contributed by atoms with E-state index < -0.39 is 10.8 Å². The molecule has 7 nitrogen and oxygen atoms in total. The van der Waals surface area contributed by atoms with E-state index >= 15 is 0 Å². The van der Waals surface area contributed by atoms with Gasteiger partial charge in [0.1, 0.15) is 5.75 Å². The topological polar surface area (TPSA) is 94.4 Å². The van der Waals surface area contributed by atoms with Gasteiger partial charge < -0.3 is 4.74 Å². The number of non-ortho nitro benzene ring substituents is 1. The Kier molecular flexibility index (Phi) is 6.60. The lowest BCUT2D eigenvalue weighted by molar-refractivity contribution is -0.384. The van der Waals surface area contributed by atoms with Crippen LogP contribution in [-0.2, 0) is 0 Å². The van der Waals surface area contributed by atoms with Crippen molar-refractivity contribution in [2.24, 2.45) is 0 Å². The number of nitro benzene ring substituents is 1. The highest BCUT2D eigenvalue weighted by Crippen LogP contribution is 2.40. The summed E-state index contributed by atoms with van der Waals surface area (Å²) in [7, 11) is 1.58. The summed E-state index contributed by atoms with van der Waals surface area (Å²) in [6.45, 7) is 0. The Hall–Kier alpha value is -3.46. The lowest BCUT2D eigenvalue weighted by atomic mass is 10.1. The molecule has 0 bridgehead atoms. The Morgan fingerprint density at radius 3 is 2.30 bits per heavy atom. The molecule has 166 valence electrons. The zero-order chi connectivity index (χ0) is 23.5. The maximum Gasteiger partial charge on any atom is 0.269 e. The van der Waals surface area contributed by atoms with Gasteiger partial charge in [0.05, 0.1) is 33.2 Å². The first kappa shape index (κ1) is 22.7. The average Bonchev–Trinajstić information content (AvgIpc) is 3.22. The van der Waals surface area contributed by atoms with Crippen molar-refractivity contribution in [2.45, 2.75) is 0 Å². The molecule has 4 aromatic rings. The summed E-state index contributed by atoms with van der Waals surface area (Å²) in [5.41, 5.74) is 2.40. The van der Waals surface area contributed by atoms with Crippen LogP contribution in [0.2, 0.25) is 10.0 Å². The molecule has 0 aliphatic heterocycles. The van der Waals surface area contributed by atoms with Crippen molar-refractivity contribution in [2.75, 3.05) is 12.4 Å². The molecule has 0 saturated heterocycles. The standard InChI is InChI=1S/C23H15Cl2N3O4S/c1-32-17-9-4-13(5-10-17)20-21(14-2-7-16(8-3-14)28(30)31)33-23(26-20)27-22(29)18-11-6-15(24)12-19(18)25/h2-12H,1H3,(H,26,27,29). The minimum Gasteiger partial charge on any atom is -0.497 e.